The average molecular weight is 266 g/mol. The molecule has 1 heterocycles. The maximum absolute atomic E-state index is 10.9. The Morgan fingerprint density at radius 2 is 2.26 bits per heavy atom. The maximum atomic E-state index is 10.9. The molecule has 2 rings (SSSR count). The smallest absolute Gasteiger partial charge is 0.311 e. The van der Waals surface area contributed by atoms with Crippen molar-refractivity contribution >= 4 is 5.69 Å². The van der Waals surface area contributed by atoms with E-state index in [4.69, 9.17) is 9.47 Å². The van der Waals surface area contributed by atoms with Crippen molar-refractivity contribution in [2.45, 2.75) is 32.5 Å². The van der Waals surface area contributed by atoms with E-state index in [1.807, 2.05) is 13.8 Å². The van der Waals surface area contributed by atoms with Gasteiger partial charge in [-0.25, -0.2) is 0 Å². The Hall–Kier alpha value is -1.82. The van der Waals surface area contributed by atoms with Gasteiger partial charge in [-0.15, -0.1) is 0 Å². The van der Waals surface area contributed by atoms with Crippen LogP contribution in [0.3, 0.4) is 0 Å². The molecule has 1 N–H and O–H groups in total. The van der Waals surface area contributed by atoms with E-state index in [1.165, 1.54) is 6.07 Å². The van der Waals surface area contributed by atoms with Gasteiger partial charge in [0.2, 0.25) is 5.75 Å². The maximum Gasteiger partial charge on any atom is 0.311 e. The fourth-order valence-electron chi connectivity index (χ4n) is 1.99. The molecule has 0 amide bonds. The minimum absolute atomic E-state index is 0.0365. The summed E-state index contributed by atoms with van der Waals surface area (Å²) in [5.41, 5.74) is -0.0365. The summed E-state index contributed by atoms with van der Waals surface area (Å²) in [6, 6.07) is 4.63. The van der Waals surface area contributed by atoms with Gasteiger partial charge in [0.25, 0.3) is 0 Å². The summed E-state index contributed by atoms with van der Waals surface area (Å²) in [6.07, 6.45) is 0.938. The van der Waals surface area contributed by atoms with Gasteiger partial charge in [-0.2, -0.15) is 0 Å². The molecule has 0 aromatic heterocycles. The normalized spacial score (nSPS) is 18.6. The molecule has 0 radical (unpaired) electrons. The van der Waals surface area contributed by atoms with Crippen molar-refractivity contribution in [3.05, 3.63) is 28.3 Å². The minimum Gasteiger partial charge on any atom is -0.489 e. The quantitative estimate of drug-likeness (QED) is 0.652. The highest BCUT2D eigenvalue weighted by Crippen LogP contribution is 2.32. The van der Waals surface area contributed by atoms with Crippen LogP contribution in [0.2, 0.25) is 0 Å². The summed E-state index contributed by atoms with van der Waals surface area (Å²) in [4.78, 5) is 10.5. The van der Waals surface area contributed by atoms with Crippen LogP contribution in [0.4, 0.5) is 5.69 Å². The molecule has 1 atom stereocenters. The van der Waals surface area contributed by atoms with Gasteiger partial charge < -0.3 is 14.8 Å². The molecule has 0 spiro atoms. The molecule has 0 saturated carbocycles. The fourth-order valence-corrected chi connectivity index (χ4v) is 1.99. The largest absolute Gasteiger partial charge is 0.489 e. The lowest BCUT2D eigenvalue weighted by molar-refractivity contribution is -0.386. The van der Waals surface area contributed by atoms with Gasteiger partial charge in [0.1, 0.15) is 11.9 Å². The molecule has 1 saturated heterocycles. The number of nitrogens with one attached hydrogen (secondary N) is 1. The van der Waals surface area contributed by atoms with Gasteiger partial charge in [-0.3, -0.25) is 10.1 Å². The van der Waals surface area contributed by atoms with E-state index in [0.717, 1.165) is 19.5 Å². The second-order valence-electron chi connectivity index (χ2n) is 4.79. The van der Waals surface area contributed by atoms with Crippen LogP contribution in [0.5, 0.6) is 11.5 Å². The average Bonchev–Trinajstić information content (AvgIpc) is 2.80. The monoisotopic (exact) mass is 266 g/mol. The Morgan fingerprint density at radius 3 is 2.84 bits per heavy atom. The summed E-state index contributed by atoms with van der Waals surface area (Å²) in [5, 5.41) is 14.1. The zero-order valence-electron chi connectivity index (χ0n) is 11.1. The first kappa shape index (κ1) is 13.6. The van der Waals surface area contributed by atoms with Gasteiger partial charge in [-0.05, 0) is 32.9 Å². The van der Waals surface area contributed by atoms with Crippen molar-refractivity contribution in [1.29, 1.82) is 0 Å². The van der Waals surface area contributed by atoms with Crippen molar-refractivity contribution in [2.75, 3.05) is 13.1 Å². The van der Waals surface area contributed by atoms with Gasteiger partial charge in [-0.1, -0.05) is 0 Å². The van der Waals surface area contributed by atoms with E-state index in [9.17, 15) is 10.1 Å². The molecule has 104 valence electrons. The van der Waals surface area contributed by atoms with Crippen molar-refractivity contribution in [1.82, 2.24) is 5.32 Å². The molecule has 0 aliphatic carbocycles. The zero-order valence-corrected chi connectivity index (χ0v) is 11.1. The predicted octanol–water partition coefficient (Wildman–Crippen LogP) is 2.12. The molecule has 6 heteroatoms. The number of hydrogen-bond donors (Lipinski definition) is 1. The number of nitro benzene ring substituents is 1. The topological polar surface area (TPSA) is 73.6 Å². The number of ether oxygens (including phenoxy) is 2. The minimum atomic E-state index is -0.446. The molecule has 19 heavy (non-hydrogen) atoms. The van der Waals surface area contributed by atoms with Crippen LogP contribution in [-0.4, -0.2) is 30.2 Å². The lowest BCUT2D eigenvalue weighted by Crippen LogP contribution is -2.19. The highest BCUT2D eigenvalue weighted by molar-refractivity contribution is 5.50. The van der Waals surface area contributed by atoms with Crippen molar-refractivity contribution in [3.8, 4) is 11.5 Å². The first-order valence-corrected chi connectivity index (χ1v) is 6.38. The van der Waals surface area contributed by atoms with Gasteiger partial charge in [0.05, 0.1) is 11.0 Å². The van der Waals surface area contributed by atoms with E-state index < -0.39 is 4.92 Å². The Bertz CT molecular complexity index is 456. The van der Waals surface area contributed by atoms with Crippen molar-refractivity contribution < 1.29 is 14.4 Å². The Labute approximate surface area is 111 Å². The third kappa shape index (κ3) is 3.57. The summed E-state index contributed by atoms with van der Waals surface area (Å²) in [6.45, 7) is 5.40. The van der Waals surface area contributed by atoms with Crippen molar-refractivity contribution in [2.24, 2.45) is 0 Å². The Kier molecular flexibility index (Phi) is 4.21. The summed E-state index contributed by atoms with van der Waals surface area (Å²) < 4.78 is 11.2. The van der Waals surface area contributed by atoms with E-state index in [2.05, 4.69) is 5.32 Å². The first-order valence-electron chi connectivity index (χ1n) is 6.38. The van der Waals surface area contributed by atoms with E-state index in [-0.39, 0.29) is 23.6 Å². The summed E-state index contributed by atoms with van der Waals surface area (Å²) >= 11 is 0. The van der Waals surface area contributed by atoms with Crippen LogP contribution in [0.25, 0.3) is 0 Å². The first-order chi connectivity index (χ1) is 9.06. The highest BCUT2D eigenvalue weighted by atomic mass is 16.6. The van der Waals surface area contributed by atoms with E-state index >= 15 is 0 Å². The van der Waals surface area contributed by atoms with Gasteiger partial charge >= 0.3 is 5.69 Å². The van der Waals surface area contributed by atoms with Crippen LogP contribution < -0.4 is 14.8 Å². The lowest BCUT2D eigenvalue weighted by atomic mass is 10.2. The number of nitro groups is 1. The van der Waals surface area contributed by atoms with Crippen LogP contribution in [-0.2, 0) is 0 Å². The van der Waals surface area contributed by atoms with Crippen LogP contribution in [0, 0.1) is 10.1 Å². The fraction of sp³-hybridized carbons (Fsp3) is 0.538. The number of nitrogens with zero attached hydrogens (tertiary/aromatic N) is 1. The van der Waals surface area contributed by atoms with E-state index in [0.29, 0.717) is 5.75 Å². The molecule has 1 aliphatic rings. The third-order valence-corrected chi connectivity index (χ3v) is 2.81. The Balaban J connectivity index is 2.18. The summed E-state index contributed by atoms with van der Waals surface area (Å²) in [7, 11) is 0. The molecular formula is C13H18N2O4. The van der Waals surface area contributed by atoms with Crippen molar-refractivity contribution in [3.63, 3.8) is 0 Å². The predicted molar refractivity (Wildman–Crippen MR) is 70.8 cm³/mol. The number of rotatable bonds is 5. The zero-order chi connectivity index (χ0) is 13.8. The molecule has 1 aliphatic heterocycles. The van der Waals surface area contributed by atoms with Gasteiger partial charge in [0.15, 0.2) is 0 Å². The van der Waals surface area contributed by atoms with Crippen LogP contribution in [0.15, 0.2) is 18.2 Å². The molecule has 1 unspecified atom stereocenters. The molecule has 0 bridgehead atoms. The second kappa shape index (κ2) is 5.88. The number of benzene rings is 1. The Morgan fingerprint density at radius 1 is 1.47 bits per heavy atom. The van der Waals surface area contributed by atoms with E-state index in [1.54, 1.807) is 12.1 Å². The van der Waals surface area contributed by atoms with Gasteiger partial charge in [0, 0.05) is 18.7 Å². The molecule has 1 aromatic carbocycles. The van der Waals surface area contributed by atoms with Crippen LogP contribution in [0.1, 0.15) is 20.3 Å². The number of hydrogen-bond acceptors (Lipinski definition) is 5. The molecule has 1 fully saturated rings. The summed E-state index contributed by atoms with van der Waals surface area (Å²) in [5.74, 6) is 0.860. The third-order valence-electron chi connectivity index (χ3n) is 2.81. The molecular weight excluding hydrogens is 248 g/mol. The highest BCUT2D eigenvalue weighted by Gasteiger charge is 2.20. The lowest BCUT2D eigenvalue weighted by Gasteiger charge is -2.15. The van der Waals surface area contributed by atoms with Crippen LogP contribution >= 0.6 is 0 Å². The SMILES string of the molecule is CC(C)Oc1cc(OC2CCNC2)ccc1[N+](=O)[O-]. The molecule has 1 aromatic rings. The standard InChI is InChI=1S/C13H18N2O4/c1-9(2)18-13-7-10(3-4-12(13)15(16)17)19-11-5-6-14-8-11/h3-4,7,9,11,14H,5-6,8H2,1-2H3. The molecule has 6 nitrogen and oxygen atoms in total. The second-order valence-corrected chi connectivity index (χ2v) is 4.79.